The smallest absolute Gasteiger partial charge is 0.251 e. The van der Waals surface area contributed by atoms with Crippen molar-refractivity contribution in [1.29, 1.82) is 0 Å². The molecule has 35 heavy (non-hydrogen) atoms. The van der Waals surface area contributed by atoms with Crippen LogP contribution in [0.4, 0.5) is 15.8 Å². The minimum Gasteiger partial charge on any atom is -0.495 e. The first kappa shape index (κ1) is 25.2. The van der Waals surface area contributed by atoms with Crippen molar-refractivity contribution in [2.45, 2.75) is 6.54 Å². The average molecular weight is 502 g/mol. The Bertz CT molecular complexity index is 1380. The highest BCUT2D eigenvalue weighted by molar-refractivity contribution is 6.31. The molecule has 7 N–H and O–H groups in total. The highest BCUT2D eigenvalue weighted by atomic mass is 35.5. The number of aromatic nitrogens is 1. The molecule has 0 saturated heterocycles. The van der Waals surface area contributed by atoms with E-state index in [9.17, 15) is 18.8 Å². The molecule has 0 unspecified atom stereocenters. The molecule has 0 radical (unpaired) electrons. The number of nitrogens with zero attached hydrogens (tertiary/aromatic N) is 3. The molecule has 0 atom stereocenters. The topological polar surface area (TPSA) is 171 Å². The number of methoxy groups -OCH3 is 1. The molecular weight excluding hydrogens is 481 g/mol. The molecule has 0 aliphatic rings. The molecule has 0 aliphatic carbocycles. The van der Waals surface area contributed by atoms with Crippen LogP contribution < -0.4 is 38.0 Å². The maximum absolute atomic E-state index is 14.0. The van der Waals surface area contributed by atoms with Crippen LogP contribution >= 0.6 is 11.6 Å². The lowest BCUT2D eigenvalue weighted by Gasteiger charge is -2.19. The summed E-state index contributed by atoms with van der Waals surface area (Å²) in [6.45, 7) is -0.403. The summed E-state index contributed by atoms with van der Waals surface area (Å²) >= 11 is 6.15. The van der Waals surface area contributed by atoms with Gasteiger partial charge in [0.15, 0.2) is 0 Å². The number of hydrazone groups is 1. The number of benzene rings is 2. The van der Waals surface area contributed by atoms with Crippen LogP contribution in [0.5, 0.6) is 5.75 Å². The molecule has 0 saturated carbocycles. The molecule has 1 heterocycles. The maximum atomic E-state index is 14.0. The second-order valence-corrected chi connectivity index (χ2v) is 7.60. The number of nitrogens with one attached hydrogen (secondary N) is 1. The SMILES string of the molecule is COc1cn(CC(=O)Nc2ccc(C(N)=O)c(F)c2)c(=O)cc1-c1cc(Cl)ccc1N(N)/C=N\N. The van der Waals surface area contributed by atoms with Gasteiger partial charge in [-0.3, -0.25) is 19.4 Å². The maximum Gasteiger partial charge on any atom is 0.251 e. The molecular formula is C22H21ClFN7O4. The van der Waals surface area contributed by atoms with E-state index in [1.54, 1.807) is 18.2 Å². The van der Waals surface area contributed by atoms with Crippen LogP contribution in [0.1, 0.15) is 10.4 Å². The van der Waals surface area contributed by atoms with E-state index in [1.165, 1.54) is 31.8 Å². The van der Waals surface area contributed by atoms with E-state index in [0.29, 0.717) is 21.8 Å². The van der Waals surface area contributed by atoms with E-state index >= 15 is 0 Å². The number of primary amides is 1. The summed E-state index contributed by atoms with van der Waals surface area (Å²) in [5.74, 6) is 8.95. The molecule has 13 heteroatoms. The first-order valence-electron chi connectivity index (χ1n) is 9.89. The van der Waals surface area contributed by atoms with Crippen LogP contribution in [0.2, 0.25) is 5.02 Å². The molecule has 0 aliphatic heterocycles. The summed E-state index contributed by atoms with van der Waals surface area (Å²) in [6.07, 6.45) is 2.51. The van der Waals surface area contributed by atoms with Crippen LogP contribution in [-0.4, -0.2) is 29.8 Å². The predicted molar refractivity (Wildman–Crippen MR) is 131 cm³/mol. The monoisotopic (exact) mass is 501 g/mol. The molecule has 2 aromatic carbocycles. The van der Waals surface area contributed by atoms with Gasteiger partial charge in [-0.1, -0.05) is 11.6 Å². The first-order chi connectivity index (χ1) is 16.6. The Labute approximate surface area is 203 Å². The van der Waals surface area contributed by atoms with Gasteiger partial charge in [0.25, 0.3) is 11.5 Å². The van der Waals surface area contributed by atoms with E-state index in [4.69, 9.17) is 33.8 Å². The van der Waals surface area contributed by atoms with Gasteiger partial charge in [-0.2, -0.15) is 5.10 Å². The Kier molecular flexibility index (Phi) is 7.69. The van der Waals surface area contributed by atoms with Crippen molar-refractivity contribution in [3.63, 3.8) is 0 Å². The van der Waals surface area contributed by atoms with Crippen molar-refractivity contribution in [1.82, 2.24) is 4.57 Å². The van der Waals surface area contributed by atoms with Crippen molar-refractivity contribution in [3.05, 3.63) is 75.4 Å². The molecule has 2 amide bonds. The number of hydrogen-bond donors (Lipinski definition) is 4. The van der Waals surface area contributed by atoms with Crippen molar-refractivity contribution >= 4 is 41.1 Å². The summed E-state index contributed by atoms with van der Waals surface area (Å²) in [5.41, 5.74) is 5.55. The number of ether oxygens (including phenoxy) is 1. The molecule has 1 aromatic heterocycles. The standard InChI is InChI=1S/C22H21ClFN7O4/c1-35-19-9-30(10-20(32)29-13-3-4-14(22(25)34)17(24)7-13)21(33)8-16(19)15-6-12(23)2-5-18(15)31(27)11-28-26/h2-9,11H,10,26-27H2,1H3,(H2,25,34)(H,29,32)/b28-11-. The van der Waals surface area contributed by atoms with Gasteiger partial charge in [-0.15, -0.1) is 0 Å². The number of rotatable bonds is 8. The minimum atomic E-state index is -0.935. The summed E-state index contributed by atoms with van der Waals surface area (Å²) in [4.78, 5) is 36.5. The average Bonchev–Trinajstić information content (AvgIpc) is 2.80. The number of pyridine rings is 1. The van der Waals surface area contributed by atoms with Crippen molar-refractivity contribution in [2.24, 2.45) is 22.5 Å². The third kappa shape index (κ3) is 5.75. The first-order valence-corrected chi connectivity index (χ1v) is 10.3. The molecule has 182 valence electrons. The number of amides is 2. The van der Waals surface area contributed by atoms with Gasteiger partial charge in [-0.25, -0.2) is 10.2 Å². The highest BCUT2D eigenvalue weighted by Crippen LogP contribution is 2.36. The molecule has 3 aromatic rings. The van der Waals surface area contributed by atoms with Crippen LogP contribution in [-0.2, 0) is 11.3 Å². The Morgan fingerprint density at radius 2 is 1.97 bits per heavy atom. The molecule has 0 spiro atoms. The van der Waals surface area contributed by atoms with Gasteiger partial charge in [0.05, 0.1) is 24.6 Å². The number of carbonyl (C=O) groups is 2. The number of hydrogen-bond acceptors (Lipinski definition) is 7. The number of anilines is 2. The van der Waals surface area contributed by atoms with Gasteiger partial charge in [0.2, 0.25) is 5.91 Å². The van der Waals surface area contributed by atoms with E-state index in [1.807, 2.05) is 0 Å². The second kappa shape index (κ2) is 10.7. The number of halogens is 2. The fraction of sp³-hybridized carbons (Fsp3) is 0.0909. The summed E-state index contributed by atoms with van der Waals surface area (Å²) in [7, 11) is 1.39. The number of nitrogens with two attached hydrogens (primary N) is 3. The van der Waals surface area contributed by atoms with Crippen LogP contribution in [0.25, 0.3) is 11.1 Å². The number of hydrazine groups is 1. The number of carbonyl (C=O) groups excluding carboxylic acids is 2. The Morgan fingerprint density at radius 3 is 2.60 bits per heavy atom. The van der Waals surface area contributed by atoms with Crippen molar-refractivity contribution < 1.29 is 18.7 Å². The van der Waals surface area contributed by atoms with Gasteiger partial charge in [0.1, 0.15) is 24.5 Å². The Morgan fingerprint density at radius 1 is 1.23 bits per heavy atom. The lowest BCUT2D eigenvalue weighted by molar-refractivity contribution is -0.116. The molecule has 11 nitrogen and oxygen atoms in total. The van der Waals surface area contributed by atoms with E-state index < -0.39 is 29.7 Å². The van der Waals surface area contributed by atoms with Crippen LogP contribution in [0.15, 0.2) is 58.6 Å². The van der Waals surface area contributed by atoms with Gasteiger partial charge >= 0.3 is 0 Å². The van der Waals surface area contributed by atoms with Crippen molar-refractivity contribution in [2.75, 3.05) is 17.4 Å². The predicted octanol–water partition coefficient (Wildman–Crippen LogP) is 1.64. The minimum absolute atomic E-state index is 0.0855. The summed E-state index contributed by atoms with van der Waals surface area (Å²) in [6, 6.07) is 9.47. The largest absolute Gasteiger partial charge is 0.495 e. The van der Waals surface area contributed by atoms with Crippen molar-refractivity contribution in [3.8, 4) is 16.9 Å². The zero-order valence-electron chi connectivity index (χ0n) is 18.4. The molecule has 0 bridgehead atoms. The van der Waals surface area contributed by atoms with Gasteiger partial charge in [-0.05, 0) is 36.4 Å². The zero-order chi connectivity index (χ0) is 25.7. The normalized spacial score (nSPS) is 10.9. The van der Waals surface area contributed by atoms with Crippen LogP contribution in [0, 0.1) is 5.82 Å². The highest BCUT2D eigenvalue weighted by Gasteiger charge is 2.18. The second-order valence-electron chi connectivity index (χ2n) is 7.16. The van der Waals surface area contributed by atoms with E-state index in [-0.39, 0.29) is 17.0 Å². The molecule has 3 rings (SSSR count). The Hall–Kier alpha value is -4.42. The lowest BCUT2D eigenvalue weighted by atomic mass is 10.0. The third-order valence-electron chi connectivity index (χ3n) is 4.86. The Balaban J connectivity index is 1.92. The quantitative estimate of drug-likeness (QED) is 0.157. The van der Waals surface area contributed by atoms with E-state index in [2.05, 4.69) is 10.4 Å². The van der Waals surface area contributed by atoms with Gasteiger partial charge in [0, 0.05) is 27.9 Å². The fourth-order valence-corrected chi connectivity index (χ4v) is 3.45. The van der Waals surface area contributed by atoms with Gasteiger partial charge < -0.3 is 26.2 Å². The zero-order valence-corrected chi connectivity index (χ0v) is 19.1. The summed E-state index contributed by atoms with van der Waals surface area (Å²) < 4.78 is 20.5. The molecule has 0 fully saturated rings. The third-order valence-corrected chi connectivity index (χ3v) is 5.09. The fourth-order valence-electron chi connectivity index (χ4n) is 3.28. The summed E-state index contributed by atoms with van der Waals surface area (Å²) in [5, 5.41) is 7.36. The lowest BCUT2D eigenvalue weighted by Crippen LogP contribution is -2.30. The van der Waals surface area contributed by atoms with E-state index in [0.717, 1.165) is 21.7 Å². The van der Waals surface area contributed by atoms with Crippen LogP contribution in [0.3, 0.4) is 0 Å².